The van der Waals surface area contributed by atoms with Gasteiger partial charge in [-0.1, -0.05) is 19.8 Å². The number of urea groups is 1. The Morgan fingerprint density at radius 1 is 1.32 bits per heavy atom. The van der Waals surface area contributed by atoms with E-state index in [2.05, 4.69) is 10.6 Å². The Balaban J connectivity index is 1.68. The highest BCUT2D eigenvalue weighted by molar-refractivity contribution is 7.91. The fourth-order valence-electron chi connectivity index (χ4n) is 4.27. The van der Waals surface area contributed by atoms with Gasteiger partial charge in [-0.2, -0.15) is 0 Å². The fourth-order valence-corrected chi connectivity index (χ4v) is 6.36. The summed E-state index contributed by atoms with van der Waals surface area (Å²) in [5.41, 5.74) is -1.73. The number of amides is 4. The molecule has 1 aliphatic carbocycles. The van der Waals surface area contributed by atoms with E-state index in [0.29, 0.717) is 12.8 Å². The molecular formula is C16H25N3O5S. The number of imide groups is 1. The van der Waals surface area contributed by atoms with Crippen LogP contribution in [0.4, 0.5) is 4.79 Å². The molecule has 3 fully saturated rings. The standard InChI is InChI=1S/C16H25N3O5S/c1-11-5-3-4-6-16(11)13(21)19(14(22)18-16)9-12(20)17-15(2)7-8-25(23,24)10-15/h11H,3-10H2,1-2H3,(H,17,20)(H,18,22)/t11-,15-,16+/m1/s1. The summed E-state index contributed by atoms with van der Waals surface area (Å²) < 4.78 is 23.3. The van der Waals surface area contributed by atoms with Crippen molar-refractivity contribution < 1.29 is 22.8 Å². The van der Waals surface area contributed by atoms with E-state index in [1.54, 1.807) is 6.92 Å². The molecule has 3 atom stereocenters. The van der Waals surface area contributed by atoms with Crippen LogP contribution in [0.3, 0.4) is 0 Å². The van der Waals surface area contributed by atoms with Crippen LogP contribution in [0.1, 0.15) is 46.0 Å². The van der Waals surface area contributed by atoms with Crippen molar-refractivity contribution >= 4 is 27.7 Å². The summed E-state index contributed by atoms with van der Waals surface area (Å²) in [7, 11) is -3.15. The third kappa shape index (κ3) is 3.26. The first-order chi connectivity index (χ1) is 11.6. The van der Waals surface area contributed by atoms with Crippen molar-refractivity contribution in [3.8, 4) is 0 Å². The van der Waals surface area contributed by atoms with Crippen LogP contribution in [-0.4, -0.2) is 60.3 Å². The van der Waals surface area contributed by atoms with E-state index in [9.17, 15) is 22.8 Å². The van der Waals surface area contributed by atoms with Crippen LogP contribution in [-0.2, 0) is 19.4 Å². The summed E-state index contributed by atoms with van der Waals surface area (Å²) in [5, 5.41) is 5.49. The first-order valence-electron chi connectivity index (χ1n) is 8.72. The minimum Gasteiger partial charge on any atom is -0.348 e. The summed E-state index contributed by atoms with van der Waals surface area (Å²) >= 11 is 0. The highest BCUT2D eigenvalue weighted by Crippen LogP contribution is 2.38. The topological polar surface area (TPSA) is 113 Å². The Morgan fingerprint density at radius 3 is 2.64 bits per heavy atom. The average Bonchev–Trinajstić information content (AvgIpc) is 2.90. The van der Waals surface area contributed by atoms with Gasteiger partial charge in [-0.05, 0) is 32.1 Å². The molecule has 2 N–H and O–H groups in total. The monoisotopic (exact) mass is 371 g/mol. The van der Waals surface area contributed by atoms with Gasteiger partial charge in [0, 0.05) is 0 Å². The van der Waals surface area contributed by atoms with Crippen molar-refractivity contribution in [2.24, 2.45) is 5.92 Å². The van der Waals surface area contributed by atoms with Crippen LogP contribution < -0.4 is 10.6 Å². The van der Waals surface area contributed by atoms with E-state index in [1.165, 1.54) is 0 Å². The molecule has 0 bridgehead atoms. The maximum atomic E-state index is 12.8. The predicted molar refractivity (Wildman–Crippen MR) is 90.4 cm³/mol. The number of carbonyl (C=O) groups is 3. The van der Waals surface area contributed by atoms with E-state index >= 15 is 0 Å². The molecule has 0 radical (unpaired) electrons. The van der Waals surface area contributed by atoms with Crippen molar-refractivity contribution in [3.63, 3.8) is 0 Å². The number of hydrogen-bond donors (Lipinski definition) is 2. The van der Waals surface area contributed by atoms with Crippen LogP contribution >= 0.6 is 0 Å². The molecule has 9 heteroatoms. The second-order valence-corrected chi connectivity index (χ2v) is 10.1. The van der Waals surface area contributed by atoms with E-state index in [1.807, 2.05) is 6.92 Å². The maximum Gasteiger partial charge on any atom is 0.325 e. The normalized spacial score (nSPS) is 37.4. The average molecular weight is 371 g/mol. The van der Waals surface area contributed by atoms with Crippen molar-refractivity contribution in [3.05, 3.63) is 0 Å². The van der Waals surface area contributed by atoms with Crippen LogP contribution in [0.2, 0.25) is 0 Å². The van der Waals surface area contributed by atoms with E-state index in [0.717, 1.165) is 24.2 Å². The third-order valence-corrected chi connectivity index (χ3v) is 7.65. The van der Waals surface area contributed by atoms with Gasteiger partial charge >= 0.3 is 6.03 Å². The molecular weight excluding hydrogens is 346 g/mol. The Hall–Kier alpha value is -1.64. The lowest BCUT2D eigenvalue weighted by Crippen LogP contribution is -2.54. The zero-order valence-corrected chi connectivity index (χ0v) is 15.4. The molecule has 3 aliphatic rings. The second kappa shape index (κ2) is 5.96. The molecule has 3 rings (SSSR count). The Bertz CT molecular complexity index is 721. The summed E-state index contributed by atoms with van der Waals surface area (Å²) in [6.45, 7) is 3.24. The van der Waals surface area contributed by atoms with Crippen LogP contribution in [0.25, 0.3) is 0 Å². The molecule has 2 heterocycles. The SMILES string of the molecule is C[C@@H]1CCCC[C@]12NC(=O)N(CC(=O)N[C@]1(C)CCS(=O)(=O)C1)C2=O. The highest BCUT2D eigenvalue weighted by atomic mass is 32.2. The van der Waals surface area contributed by atoms with Crippen LogP contribution in [0.5, 0.6) is 0 Å². The van der Waals surface area contributed by atoms with Gasteiger partial charge in [0.2, 0.25) is 5.91 Å². The van der Waals surface area contributed by atoms with Crippen molar-refractivity contribution in [1.29, 1.82) is 0 Å². The summed E-state index contributed by atoms with van der Waals surface area (Å²) in [5.74, 6) is -0.906. The van der Waals surface area contributed by atoms with Gasteiger partial charge in [0.05, 0.1) is 17.0 Å². The molecule has 0 aromatic carbocycles. The lowest BCUT2D eigenvalue weighted by atomic mass is 9.73. The zero-order valence-electron chi connectivity index (χ0n) is 14.6. The molecule has 25 heavy (non-hydrogen) atoms. The summed E-state index contributed by atoms with van der Waals surface area (Å²) in [6.07, 6.45) is 3.68. The van der Waals surface area contributed by atoms with Gasteiger partial charge in [-0.3, -0.25) is 14.5 Å². The number of nitrogens with one attached hydrogen (secondary N) is 2. The maximum absolute atomic E-state index is 12.8. The van der Waals surface area contributed by atoms with Gasteiger partial charge in [0.25, 0.3) is 5.91 Å². The Labute approximate surface area is 147 Å². The predicted octanol–water partition coefficient (Wildman–Crippen LogP) is 0.181. The molecule has 1 spiro atoms. The van der Waals surface area contributed by atoms with Gasteiger partial charge in [-0.15, -0.1) is 0 Å². The Morgan fingerprint density at radius 2 is 2.04 bits per heavy atom. The Kier molecular flexibility index (Phi) is 4.33. The van der Waals surface area contributed by atoms with E-state index < -0.39 is 32.9 Å². The molecule has 0 aromatic heterocycles. The lowest BCUT2D eigenvalue weighted by molar-refractivity contribution is -0.137. The quantitative estimate of drug-likeness (QED) is 0.687. The van der Waals surface area contributed by atoms with Gasteiger partial charge in [0.15, 0.2) is 9.84 Å². The summed E-state index contributed by atoms with van der Waals surface area (Å²) in [4.78, 5) is 38.4. The number of rotatable bonds is 3. The van der Waals surface area contributed by atoms with Gasteiger partial charge < -0.3 is 10.6 Å². The minimum atomic E-state index is -3.15. The van der Waals surface area contributed by atoms with Crippen molar-refractivity contribution in [2.45, 2.75) is 57.0 Å². The van der Waals surface area contributed by atoms with Crippen LogP contribution in [0.15, 0.2) is 0 Å². The number of nitrogens with zero attached hydrogens (tertiary/aromatic N) is 1. The zero-order chi connectivity index (χ0) is 18.5. The largest absolute Gasteiger partial charge is 0.348 e. The van der Waals surface area contributed by atoms with Gasteiger partial charge in [-0.25, -0.2) is 13.2 Å². The molecule has 0 aromatic rings. The fraction of sp³-hybridized carbons (Fsp3) is 0.812. The molecule has 2 saturated heterocycles. The second-order valence-electron chi connectivity index (χ2n) is 7.89. The summed E-state index contributed by atoms with van der Waals surface area (Å²) in [6, 6.07) is -0.543. The first-order valence-corrected chi connectivity index (χ1v) is 10.5. The number of sulfone groups is 1. The highest BCUT2D eigenvalue weighted by Gasteiger charge is 2.55. The van der Waals surface area contributed by atoms with Crippen molar-refractivity contribution in [1.82, 2.24) is 15.5 Å². The van der Waals surface area contributed by atoms with Crippen LogP contribution in [0, 0.1) is 5.92 Å². The number of carbonyl (C=O) groups excluding carboxylic acids is 3. The molecule has 2 aliphatic heterocycles. The molecule has 4 amide bonds. The molecule has 140 valence electrons. The minimum absolute atomic E-state index is 0.0308. The first kappa shape index (κ1) is 18.2. The molecule has 1 saturated carbocycles. The molecule has 8 nitrogen and oxygen atoms in total. The lowest BCUT2D eigenvalue weighted by Gasteiger charge is -2.36. The van der Waals surface area contributed by atoms with Crippen molar-refractivity contribution in [2.75, 3.05) is 18.1 Å². The van der Waals surface area contributed by atoms with E-state index in [-0.39, 0.29) is 29.9 Å². The smallest absolute Gasteiger partial charge is 0.325 e. The molecule has 0 unspecified atom stereocenters. The number of hydrogen-bond acceptors (Lipinski definition) is 5. The van der Waals surface area contributed by atoms with Gasteiger partial charge in [0.1, 0.15) is 12.1 Å². The van der Waals surface area contributed by atoms with E-state index in [4.69, 9.17) is 0 Å². The third-order valence-electron chi connectivity index (χ3n) is 5.75.